The molecule has 1 aromatic heterocycles. The van der Waals surface area contributed by atoms with Crippen LogP contribution in [0.15, 0.2) is 48.5 Å². The number of carbonyl (C=O) groups excluding carboxylic acids is 1. The van der Waals surface area contributed by atoms with Gasteiger partial charge in [0.05, 0.1) is 7.11 Å². The van der Waals surface area contributed by atoms with E-state index in [1.807, 2.05) is 45.0 Å². The zero-order chi connectivity index (χ0) is 21.0. The van der Waals surface area contributed by atoms with Crippen LogP contribution >= 0.6 is 11.6 Å². The topological polar surface area (TPSA) is 40.5 Å². The summed E-state index contributed by atoms with van der Waals surface area (Å²) in [5.41, 5.74) is 4.91. The third-order valence-electron chi connectivity index (χ3n) is 5.16. The Balaban J connectivity index is 1.65. The molecular weight excluding hydrogens is 386 g/mol. The number of ether oxygens (including phenoxy) is 2. The maximum Gasteiger partial charge on any atom is 0.202 e. The molecule has 1 heterocycles. The highest BCUT2D eigenvalue weighted by Gasteiger charge is 2.16. The Labute approximate surface area is 177 Å². The molecule has 3 aromatic rings. The van der Waals surface area contributed by atoms with Crippen molar-refractivity contribution >= 4 is 17.4 Å². The predicted molar refractivity (Wildman–Crippen MR) is 117 cm³/mol. The van der Waals surface area contributed by atoms with Crippen molar-refractivity contribution < 1.29 is 14.3 Å². The number of Topliss-reactive ketones (excluding diaryl/α,β-unsaturated/α-hetero) is 1. The fourth-order valence-corrected chi connectivity index (χ4v) is 3.51. The van der Waals surface area contributed by atoms with Crippen molar-refractivity contribution in [3.63, 3.8) is 0 Å². The highest BCUT2D eigenvalue weighted by molar-refractivity contribution is 6.31. The molecule has 0 spiro atoms. The van der Waals surface area contributed by atoms with Crippen LogP contribution in [-0.2, 0) is 13.0 Å². The second kappa shape index (κ2) is 9.19. The zero-order valence-electron chi connectivity index (χ0n) is 17.3. The number of methoxy groups -OCH3 is 1. The number of hydrogen-bond donors (Lipinski definition) is 0. The Hall–Kier alpha value is -2.72. The molecule has 0 unspecified atom stereocenters. The summed E-state index contributed by atoms with van der Waals surface area (Å²) in [7, 11) is 1.66. The molecule has 0 atom stereocenters. The minimum Gasteiger partial charge on any atom is -0.497 e. The van der Waals surface area contributed by atoms with E-state index in [9.17, 15) is 4.79 Å². The van der Waals surface area contributed by atoms with Crippen LogP contribution < -0.4 is 9.47 Å². The molecule has 0 amide bonds. The van der Waals surface area contributed by atoms with Gasteiger partial charge in [-0.25, -0.2) is 0 Å². The molecule has 0 saturated heterocycles. The van der Waals surface area contributed by atoms with Crippen molar-refractivity contribution in [1.82, 2.24) is 4.57 Å². The highest BCUT2D eigenvalue weighted by Crippen LogP contribution is 2.22. The van der Waals surface area contributed by atoms with E-state index >= 15 is 0 Å². The number of hydrogen-bond acceptors (Lipinski definition) is 3. The first kappa shape index (κ1) is 21.0. The van der Waals surface area contributed by atoms with Gasteiger partial charge in [0, 0.05) is 28.5 Å². The molecule has 0 aliphatic carbocycles. The van der Waals surface area contributed by atoms with E-state index < -0.39 is 0 Å². The van der Waals surface area contributed by atoms with Crippen molar-refractivity contribution in [3.05, 3.63) is 81.6 Å². The first-order valence-electron chi connectivity index (χ1n) is 9.61. The number of carbonyl (C=O) groups is 1. The van der Waals surface area contributed by atoms with E-state index in [2.05, 4.69) is 16.7 Å². The molecule has 0 bridgehead atoms. The number of rotatable bonds is 8. The lowest BCUT2D eigenvalue weighted by Gasteiger charge is -2.11. The molecule has 0 saturated carbocycles. The van der Waals surface area contributed by atoms with Gasteiger partial charge in [0.2, 0.25) is 5.78 Å². The quantitative estimate of drug-likeness (QED) is 0.454. The minimum absolute atomic E-state index is 0.00382. The van der Waals surface area contributed by atoms with Crippen LogP contribution in [0.1, 0.15) is 32.9 Å². The average Bonchev–Trinajstić information content (AvgIpc) is 3.01. The number of aryl methyl sites for hydroxylation is 3. The SMILES string of the molecule is COc1ccc(CCn2c(C)cc(C(=O)COc3ccc(Cl)c(C)c3)c2C)cc1. The number of halogens is 1. The van der Waals surface area contributed by atoms with Crippen LogP contribution in [0, 0.1) is 20.8 Å². The molecule has 0 radical (unpaired) electrons. The van der Waals surface area contributed by atoms with Gasteiger partial charge >= 0.3 is 0 Å². The Morgan fingerprint density at radius 1 is 1.00 bits per heavy atom. The number of benzene rings is 2. The predicted octanol–water partition coefficient (Wildman–Crippen LogP) is 5.58. The Kier molecular flexibility index (Phi) is 6.65. The van der Waals surface area contributed by atoms with Gasteiger partial charge in [0.25, 0.3) is 0 Å². The fraction of sp³-hybridized carbons (Fsp3) is 0.292. The summed E-state index contributed by atoms with van der Waals surface area (Å²) in [4.78, 5) is 12.7. The summed E-state index contributed by atoms with van der Waals surface area (Å²) in [6.07, 6.45) is 0.883. The van der Waals surface area contributed by atoms with Crippen LogP contribution in [0.5, 0.6) is 11.5 Å². The van der Waals surface area contributed by atoms with Gasteiger partial charge in [-0.05, 0) is 74.7 Å². The molecule has 2 aromatic carbocycles. The molecular formula is C24H26ClNO3. The minimum atomic E-state index is -0.0265. The maximum absolute atomic E-state index is 12.7. The third-order valence-corrected chi connectivity index (χ3v) is 5.58. The number of aromatic nitrogens is 1. The summed E-state index contributed by atoms with van der Waals surface area (Å²) in [5.74, 6) is 1.47. The van der Waals surface area contributed by atoms with E-state index in [1.54, 1.807) is 19.2 Å². The molecule has 4 nitrogen and oxygen atoms in total. The van der Waals surface area contributed by atoms with Gasteiger partial charge in [0.1, 0.15) is 11.5 Å². The first-order chi connectivity index (χ1) is 13.9. The molecule has 0 aliphatic rings. The summed E-state index contributed by atoms with van der Waals surface area (Å²) < 4.78 is 13.1. The Bertz CT molecular complexity index is 1010. The van der Waals surface area contributed by atoms with Crippen molar-refractivity contribution in [3.8, 4) is 11.5 Å². The molecule has 0 aliphatic heterocycles. The molecule has 29 heavy (non-hydrogen) atoms. The normalized spacial score (nSPS) is 10.8. The van der Waals surface area contributed by atoms with Crippen LogP contribution in [0.2, 0.25) is 5.02 Å². The standard InChI is InChI=1S/C24H26ClNO3/c1-16-13-21(9-10-23(16)25)29-15-24(27)22-14-17(2)26(18(22)3)12-11-19-5-7-20(28-4)8-6-19/h5-10,13-14H,11-12,15H2,1-4H3. The Morgan fingerprint density at radius 2 is 1.69 bits per heavy atom. The molecule has 0 N–H and O–H groups in total. The fourth-order valence-electron chi connectivity index (χ4n) is 3.39. The van der Waals surface area contributed by atoms with Crippen LogP contribution in [0.4, 0.5) is 0 Å². The molecule has 0 fully saturated rings. The maximum atomic E-state index is 12.7. The van der Waals surface area contributed by atoms with E-state index in [0.29, 0.717) is 16.3 Å². The van der Waals surface area contributed by atoms with E-state index in [-0.39, 0.29) is 12.4 Å². The second-order valence-electron chi connectivity index (χ2n) is 7.16. The van der Waals surface area contributed by atoms with Crippen molar-refractivity contribution in [1.29, 1.82) is 0 Å². The summed E-state index contributed by atoms with van der Waals surface area (Å²) in [6.45, 7) is 6.74. The van der Waals surface area contributed by atoms with Crippen LogP contribution in [0.3, 0.4) is 0 Å². The van der Waals surface area contributed by atoms with Gasteiger partial charge < -0.3 is 14.0 Å². The summed E-state index contributed by atoms with van der Waals surface area (Å²) >= 11 is 6.04. The zero-order valence-corrected chi connectivity index (χ0v) is 18.0. The first-order valence-corrected chi connectivity index (χ1v) is 9.98. The van der Waals surface area contributed by atoms with Crippen molar-refractivity contribution in [2.75, 3.05) is 13.7 Å². The summed E-state index contributed by atoms with van der Waals surface area (Å²) in [5, 5.41) is 0.684. The van der Waals surface area contributed by atoms with Gasteiger partial charge in [-0.1, -0.05) is 23.7 Å². The van der Waals surface area contributed by atoms with Crippen LogP contribution in [0.25, 0.3) is 0 Å². The van der Waals surface area contributed by atoms with Gasteiger partial charge in [0.15, 0.2) is 6.61 Å². The molecule has 152 valence electrons. The molecule has 3 rings (SSSR count). The van der Waals surface area contributed by atoms with Crippen molar-refractivity contribution in [2.24, 2.45) is 0 Å². The van der Waals surface area contributed by atoms with Gasteiger partial charge in [-0.15, -0.1) is 0 Å². The van der Waals surface area contributed by atoms with Crippen molar-refractivity contribution in [2.45, 2.75) is 33.7 Å². The van der Waals surface area contributed by atoms with Gasteiger partial charge in [-0.2, -0.15) is 0 Å². The largest absolute Gasteiger partial charge is 0.497 e. The number of ketones is 1. The van der Waals surface area contributed by atoms with E-state index in [0.717, 1.165) is 35.7 Å². The lowest BCUT2D eigenvalue weighted by molar-refractivity contribution is 0.0920. The average molecular weight is 412 g/mol. The van der Waals surface area contributed by atoms with Crippen LogP contribution in [-0.4, -0.2) is 24.1 Å². The van der Waals surface area contributed by atoms with E-state index in [1.165, 1.54) is 5.56 Å². The number of nitrogens with zero attached hydrogens (tertiary/aromatic N) is 1. The smallest absolute Gasteiger partial charge is 0.202 e. The Morgan fingerprint density at radius 3 is 2.34 bits per heavy atom. The summed E-state index contributed by atoms with van der Waals surface area (Å²) in [6, 6.07) is 15.4. The van der Waals surface area contributed by atoms with Gasteiger partial charge in [-0.3, -0.25) is 4.79 Å². The third kappa shape index (κ3) is 5.01. The lowest BCUT2D eigenvalue weighted by Crippen LogP contribution is -2.13. The second-order valence-corrected chi connectivity index (χ2v) is 7.56. The lowest BCUT2D eigenvalue weighted by atomic mass is 10.1. The van der Waals surface area contributed by atoms with E-state index in [4.69, 9.17) is 21.1 Å². The highest BCUT2D eigenvalue weighted by atomic mass is 35.5. The molecule has 5 heteroatoms. The monoisotopic (exact) mass is 411 g/mol.